The number of nitro groups is 1. The molecule has 0 fully saturated rings. The number of anilines is 1. The molecule has 0 aliphatic carbocycles. The Morgan fingerprint density at radius 1 is 1.20 bits per heavy atom. The molecule has 0 heterocycles. The van der Waals surface area contributed by atoms with E-state index < -0.39 is 23.4 Å². The van der Waals surface area contributed by atoms with Gasteiger partial charge in [0.25, 0.3) is 11.6 Å². The summed E-state index contributed by atoms with van der Waals surface area (Å²) in [6.45, 7) is 2.84. The number of hydrogen-bond donors (Lipinski definition) is 2. The minimum Gasteiger partial charge on any atom is -0.507 e. The SMILES string of the molecule is Cc1cc(NC(=O)COC(=O)c2ccccc2O)c([N+](=O)[O-])cc1C. The molecule has 0 radical (unpaired) electrons. The van der Waals surface area contributed by atoms with Crippen molar-refractivity contribution in [3.05, 3.63) is 63.2 Å². The molecule has 0 unspecified atom stereocenters. The van der Waals surface area contributed by atoms with Gasteiger partial charge in [0.2, 0.25) is 0 Å². The smallest absolute Gasteiger partial charge is 0.342 e. The molecule has 8 heteroatoms. The van der Waals surface area contributed by atoms with E-state index in [4.69, 9.17) is 4.74 Å². The number of carbonyl (C=O) groups excluding carboxylic acids is 2. The molecule has 0 spiro atoms. The van der Waals surface area contributed by atoms with Gasteiger partial charge in [-0.25, -0.2) is 4.79 Å². The number of benzene rings is 2. The van der Waals surface area contributed by atoms with Crippen LogP contribution in [0.3, 0.4) is 0 Å². The number of esters is 1. The summed E-state index contributed by atoms with van der Waals surface area (Å²) in [6.07, 6.45) is 0. The number of phenolic OH excluding ortho intramolecular Hbond substituents is 1. The van der Waals surface area contributed by atoms with Gasteiger partial charge in [-0.05, 0) is 43.2 Å². The van der Waals surface area contributed by atoms with Gasteiger partial charge in [0.1, 0.15) is 17.0 Å². The Labute approximate surface area is 143 Å². The van der Waals surface area contributed by atoms with E-state index in [0.717, 1.165) is 11.1 Å². The molecule has 2 N–H and O–H groups in total. The van der Waals surface area contributed by atoms with E-state index in [1.54, 1.807) is 13.8 Å². The second-order valence-corrected chi connectivity index (χ2v) is 5.35. The molecule has 0 aliphatic heterocycles. The Bertz CT molecular complexity index is 847. The number of rotatable bonds is 5. The highest BCUT2D eigenvalue weighted by atomic mass is 16.6. The monoisotopic (exact) mass is 344 g/mol. The average Bonchev–Trinajstić information content (AvgIpc) is 2.56. The first-order valence-electron chi connectivity index (χ1n) is 7.30. The quantitative estimate of drug-likeness (QED) is 0.489. The zero-order valence-corrected chi connectivity index (χ0v) is 13.6. The molecule has 25 heavy (non-hydrogen) atoms. The summed E-state index contributed by atoms with van der Waals surface area (Å²) >= 11 is 0. The van der Waals surface area contributed by atoms with Crippen LogP contribution in [0.15, 0.2) is 36.4 Å². The number of ether oxygens (including phenoxy) is 1. The third kappa shape index (κ3) is 4.31. The summed E-state index contributed by atoms with van der Waals surface area (Å²) in [5.74, 6) is -1.87. The van der Waals surface area contributed by atoms with Crippen LogP contribution in [-0.2, 0) is 9.53 Å². The predicted molar refractivity (Wildman–Crippen MR) is 89.6 cm³/mol. The highest BCUT2D eigenvalue weighted by Gasteiger charge is 2.19. The number of nitro benzene ring substituents is 1. The van der Waals surface area contributed by atoms with Gasteiger partial charge >= 0.3 is 5.97 Å². The Hall–Kier alpha value is -3.42. The van der Waals surface area contributed by atoms with Gasteiger partial charge in [-0.15, -0.1) is 0 Å². The second-order valence-electron chi connectivity index (χ2n) is 5.35. The van der Waals surface area contributed by atoms with Gasteiger partial charge in [0.05, 0.1) is 4.92 Å². The van der Waals surface area contributed by atoms with Crippen LogP contribution in [-0.4, -0.2) is 28.5 Å². The third-order valence-electron chi connectivity index (χ3n) is 3.54. The number of aryl methyl sites for hydroxylation is 2. The lowest BCUT2D eigenvalue weighted by atomic mass is 10.1. The van der Waals surface area contributed by atoms with E-state index in [9.17, 15) is 24.8 Å². The van der Waals surface area contributed by atoms with Crippen molar-refractivity contribution in [2.75, 3.05) is 11.9 Å². The van der Waals surface area contributed by atoms with E-state index >= 15 is 0 Å². The molecule has 2 rings (SSSR count). The summed E-state index contributed by atoms with van der Waals surface area (Å²) in [5.41, 5.74) is 1.19. The highest BCUT2D eigenvalue weighted by molar-refractivity contribution is 5.97. The molecule has 130 valence electrons. The molecule has 8 nitrogen and oxygen atoms in total. The third-order valence-corrected chi connectivity index (χ3v) is 3.54. The molecule has 0 saturated carbocycles. The van der Waals surface area contributed by atoms with Crippen molar-refractivity contribution in [3.8, 4) is 5.75 Å². The van der Waals surface area contributed by atoms with Gasteiger partial charge in [-0.1, -0.05) is 12.1 Å². The summed E-state index contributed by atoms with van der Waals surface area (Å²) in [5, 5.41) is 23.0. The molecule has 2 aromatic rings. The van der Waals surface area contributed by atoms with Gasteiger partial charge in [-0.3, -0.25) is 14.9 Å². The van der Waals surface area contributed by atoms with Crippen LogP contribution >= 0.6 is 0 Å². The predicted octanol–water partition coefficient (Wildman–Crippen LogP) is 2.71. The molecule has 2 aromatic carbocycles. The lowest BCUT2D eigenvalue weighted by Gasteiger charge is -2.09. The molecule has 0 saturated heterocycles. The first-order valence-corrected chi connectivity index (χ1v) is 7.30. The second kappa shape index (κ2) is 7.43. The van der Waals surface area contributed by atoms with E-state index in [-0.39, 0.29) is 22.7 Å². The standard InChI is InChI=1S/C17H16N2O6/c1-10-7-13(14(19(23)24)8-11(10)2)18-16(21)9-25-17(22)12-5-3-4-6-15(12)20/h3-8,20H,9H2,1-2H3,(H,18,21). The number of aromatic hydroxyl groups is 1. The fourth-order valence-electron chi connectivity index (χ4n) is 2.09. The van der Waals surface area contributed by atoms with Crippen LogP contribution in [0, 0.1) is 24.0 Å². The Morgan fingerprint density at radius 2 is 1.84 bits per heavy atom. The van der Waals surface area contributed by atoms with Crippen molar-refractivity contribution in [1.29, 1.82) is 0 Å². The first kappa shape index (κ1) is 17.9. The number of phenols is 1. The van der Waals surface area contributed by atoms with E-state index in [1.165, 1.54) is 36.4 Å². The Morgan fingerprint density at radius 3 is 2.48 bits per heavy atom. The van der Waals surface area contributed by atoms with E-state index in [2.05, 4.69) is 5.32 Å². The van der Waals surface area contributed by atoms with Crippen molar-refractivity contribution in [1.82, 2.24) is 0 Å². The maximum absolute atomic E-state index is 11.9. The number of amides is 1. The molecule has 1 amide bonds. The number of nitrogens with one attached hydrogen (secondary N) is 1. The normalized spacial score (nSPS) is 10.2. The lowest BCUT2D eigenvalue weighted by molar-refractivity contribution is -0.384. The minimum absolute atomic E-state index is 0.0247. The van der Waals surface area contributed by atoms with Crippen molar-refractivity contribution < 1.29 is 24.4 Å². The van der Waals surface area contributed by atoms with Crippen molar-refractivity contribution >= 4 is 23.3 Å². The zero-order valence-electron chi connectivity index (χ0n) is 13.6. The molecular formula is C17H16N2O6. The van der Waals surface area contributed by atoms with Crippen molar-refractivity contribution in [2.24, 2.45) is 0 Å². The van der Waals surface area contributed by atoms with Crippen LogP contribution in [0.1, 0.15) is 21.5 Å². The molecular weight excluding hydrogens is 328 g/mol. The number of hydrogen-bond acceptors (Lipinski definition) is 6. The summed E-state index contributed by atoms with van der Waals surface area (Å²) in [4.78, 5) is 34.3. The van der Waals surface area contributed by atoms with Crippen molar-refractivity contribution in [2.45, 2.75) is 13.8 Å². The molecule has 0 aliphatic rings. The van der Waals surface area contributed by atoms with Gasteiger partial charge in [0, 0.05) is 6.07 Å². The van der Waals surface area contributed by atoms with Crippen LogP contribution in [0.25, 0.3) is 0 Å². The van der Waals surface area contributed by atoms with Crippen LogP contribution in [0.4, 0.5) is 11.4 Å². The Balaban J connectivity index is 2.06. The topological polar surface area (TPSA) is 119 Å². The van der Waals surface area contributed by atoms with Gasteiger partial charge in [0.15, 0.2) is 6.61 Å². The Kier molecular flexibility index (Phi) is 5.33. The van der Waals surface area contributed by atoms with Gasteiger partial charge in [-0.2, -0.15) is 0 Å². The fraction of sp³-hybridized carbons (Fsp3) is 0.176. The molecule has 0 bridgehead atoms. The summed E-state index contributed by atoms with van der Waals surface area (Å²) in [7, 11) is 0. The van der Waals surface area contributed by atoms with Crippen LogP contribution in [0.5, 0.6) is 5.75 Å². The largest absolute Gasteiger partial charge is 0.507 e. The van der Waals surface area contributed by atoms with Crippen LogP contribution < -0.4 is 5.32 Å². The average molecular weight is 344 g/mol. The summed E-state index contributed by atoms with van der Waals surface area (Å²) in [6, 6.07) is 8.58. The molecule has 0 aromatic heterocycles. The van der Waals surface area contributed by atoms with Gasteiger partial charge < -0.3 is 15.2 Å². The van der Waals surface area contributed by atoms with E-state index in [1.807, 2.05) is 0 Å². The minimum atomic E-state index is -0.872. The number of nitrogens with zero attached hydrogens (tertiary/aromatic N) is 1. The number of para-hydroxylation sites is 1. The maximum Gasteiger partial charge on any atom is 0.342 e. The number of carbonyl (C=O) groups is 2. The fourth-order valence-corrected chi connectivity index (χ4v) is 2.09. The maximum atomic E-state index is 11.9. The highest BCUT2D eigenvalue weighted by Crippen LogP contribution is 2.27. The first-order chi connectivity index (χ1) is 11.8. The molecule has 0 atom stereocenters. The van der Waals surface area contributed by atoms with Crippen LogP contribution in [0.2, 0.25) is 0 Å². The zero-order chi connectivity index (χ0) is 18.6. The lowest BCUT2D eigenvalue weighted by Crippen LogP contribution is -2.21. The summed E-state index contributed by atoms with van der Waals surface area (Å²) < 4.78 is 4.82. The van der Waals surface area contributed by atoms with Crippen molar-refractivity contribution in [3.63, 3.8) is 0 Å². The van der Waals surface area contributed by atoms with E-state index in [0.29, 0.717) is 0 Å².